The third kappa shape index (κ3) is 4.57. The van der Waals surface area contributed by atoms with Crippen LogP contribution in [0.5, 0.6) is 0 Å². The molecule has 1 amide bonds. The number of anilines is 1. The molecular weight excluding hydrogens is 453 g/mol. The lowest BCUT2D eigenvalue weighted by Crippen LogP contribution is -2.46. The summed E-state index contributed by atoms with van der Waals surface area (Å²) in [6.07, 6.45) is -3.27. The smallest absolute Gasteiger partial charge is 0.411 e. The molecule has 7 nitrogen and oxygen atoms in total. The van der Waals surface area contributed by atoms with Crippen molar-refractivity contribution < 1.29 is 27.1 Å². The number of hydrogen-bond acceptors (Lipinski definition) is 6. The second-order valence-corrected chi connectivity index (χ2v) is 7.41. The molecule has 0 fully saturated rings. The quantitative estimate of drug-likeness (QED) is 0.525. The first-order chi connectivity index (χ1) is 13.9. The molecule has 0 unspecified atom stereocenters. The zero-order valence-corrected chi connectivity index (χ0v) is 16.6. The first-order valence-corrected chi connectivity index (χ1v) is 9.02. The minimum atomic E-state index is -4.71. The van der Waals surface area contributed by atoms with Crippen molar-refractivity contribution in [3.8, 4) is 0 Å². The summed E-state index contributed by atoms with van der Waals surface area (Å²) in [5.74, 6) is -1.85. The Labute approximate surface area is 177 Å². The predicted molar refractivity (Wildman–Crippen MR) is 101 cm³/mol. The minimum Gasteiger partial charge on any atom is -0.454 e. The highest BCUT2D eigenvalue weighted by atomic mass is 35.5. The Morgan fingerprint density at radius 3 is 2.63 bits per heavy atom. The van der Waals surface area contributed by atoms with Gasteiger partial charge in [0, 0.05) is 12.6 Å². The number of carbonyl (C=O) groups excluding carboxylic acids is 1. The van der Waals surface area contributed by atoms with Crippen LogP contribution in [0.3, 0.4) is 0 Å². The van der Waals surface area contributed by atoms with Crippen molar-refractivity contribution in [2.75, 3.05) is 5.32 Å². The molecule has 3 rings (SSSR count). The van der Waals surface area contributed by atoms with Crippen molar-refractivity contribution in [3.63, 3.8) is 0 Å². The molecule has 30 heavy (non-hydrogen) atoms. The number of hydrogen-bond donors (Lipinski definition) is 2. The van der Waals surface area contributed by atoms with Gasteiger partial charge in [0.25, 0.3) is 11.9 Å². The lowest BCUT2D eigenvalue weighted by atomic mass is 9.88. The molecule has 2 aromatic rings. The summed E-state index contributed by atoms with van der Waals surface area (Å²) in [5, 5.41) is 2.58. The number of aliphatic imine (C=N–C) groups is 1. The van der Waals surface area contributed by atoms with Crippen molar-refractivity contribution in [1.29, 1.82) is 0 Å². The van der Waals surface area contributed by atoms with Gasteiger partial charge in [0.05, 0.1) is 27.5 Å². The van der Waals surface area contributed by atoms with E-state index in [-0.39, 0.29) is 27.0 Å². The Morgan fingerprint density at radius 2 is 2.00 bits per heavy atom. The molecule has 1 aliphatic rings. The maximum atomic E-state index is 14.4. The number of aromatic nitrogens is 2. The van der Waals surface area contributed by atoms with E-state index in [9.17, 15) is 22.4 Å². The molecule has 0 saturated heterocycles. The van der Waals surface area contributed by atoms with Crippen LogP contribution in [0.25, 0.3) is 0 Å². The van der Waals surface area contributed by atoms with E-state index in [0.717, 1.165) is 12.3 Å². The van der Waals surface area contributed by atoms with Gasteiger partial charge in [0.2, 0.25) is 5.95 Å². The van der Waals surface area contributed by atoms with Gasteiger partial charge in [0.1, 0.15) is 11.3 Å². The lowest BCUT2D eigenvalue weighted by Gasteiger charge is -2.37. The average molecular weight is 466 g/mol. The van der Waals surface area contributed by atoms with Crippen LogP contribution in [-0.2, 0) is 10.3 Å². The van der Waals surface area contributed by atoms with Crippen molar-refractivity contribution in [2.24, 2.45) is 10.7 Å². The highest BCUT2D eigenvalue weighted by Crippen LogP contribution is 2.40. The summed E-state index contributed by atoms with van der Waals surface area (Å²) in [4.78, 5) is 22.9. The van der Waals surface area contributed by atoms with Gasteiger partial charge in [0.15, 0.2) is 6.04 Å². The molecule has 2 aromatic heterocycles. The molecule has 0 saturated carbocycles. The number of rotatable bonds is 3. The molecule has 160 valence electrons. The number of nitrogens with two attached hydrogens (primary N) is 1. The Balaban J connectivity index is 1.92. The van der Waals surface area contributed by atoms with E-state index in [1.54, 1.807) is 0 Å². The van der Waals surface area contributed by atoms with Gasteiger partial charge >= 0.3 is 6.18 Å². The Hall–Kier alpha value is -2.66. The minimum absolute atomic E-state index is 0.0290. The molecule has 3 N–H and O–H groups in total. The van der Waals surface area contributed by atoms with Gasteiger partial charge in [-0.1, -0.05) is 23.2 Å². The number of halogens is 6. The fraction of sp³-hybridized carbons (Fsp3) is 0.294. The van der Waals surface area contributed by atoms with E-state index >= 15 is 0 Å². The monoisotopic (exact) mass is 465 g/mol. The molecule has 0 radical (unpaired) electrons. The van der Waals surface area contributed by atoms with Crippen molar-refractivity contribution in [2.45, 2.75) is 31.2 Å². The SMILES string of the molecule is C[C@@]1(c2cc(NC(=O)c3ncc(Cl)cc3Cl)cnc2F)C[C@@H](C(F)(F)F)N=C(N)O1. The van der Waals surface area contributed by atoms with Crippen LogP contribution >= 0.6 is 23.2 Å². The fourth-order valence-electron chi connectivity index (χ4n) is 2.88. The summed E-state index contributed by atoms with van der Waals surface area (Å²) >= 11 is 11.7. The predicted octanol–water partition coefficient (Wildman–Crippen LogP) is 4.06. The van der Waals surface area contributed by atoms with Crippen LogP contribution in [0.2, 0.25) is 10.0 Å². The van der Waals surface area contributed by atoms with Crippen LogP contribution < -0.4 is 11.1 Å². The molecule has 13 heteroatoms. The normalized spacial score (nSPS) is 21.6. The number of nitrogens with zero attached hydrogens (tertiary/aromatic N) is 3. The van der Waals surface area contributed by atoms with Crippen LogP contribution in [0, 0.1) is 5.95 Å². The maximum absolute atomic E-state index is 14.4. The summed E-state index contributed by atoms with van der Waals surface area (Å²) in [6, 6.07) is -0.533. The van der Waals surface area contributed by atoms with E-state index in [0.29, 0.717) is 0 Å². The number of ether oxygens (including phenoxy) is 1. The van der Waals surface area contributed by atoms with Crippen LogP contribution in [0.15, 0.2) is 29.5 Å². The van der Waals surface area contributed by atoms with Crippen molar-refractivity contribution in [3.05, 3.63) is 51.8 Å². The van der Waals surface area contributed by atoms with E-state index in [4.69, 9.17) is 33.7 Å². The fourth-order valence-corrected chi connectivity index (χ4v) is 3.35. The van der Waals surface area contributed by atoms with Gasteiger partial charge in [-0.3, -0.25) is 4.79 Å². The lowest BCUT2D eigenvalue weighted by molar-refractivity contribution is -0.164. The molecule has 2 atom stereocenters. The largest absolute Gasteiger partial charge is 0.454 e. The van der Waals surface area contributed by atoms with Gasteiger partial charge < -0.3 is 15.8 Å². The number of alkyl halides is 3. The third-order valence-electron chi connectivity index (χ3n) is 4.26. The average Bonchev–Trinajstić information content (AvgIpc) is 2.61. The molecule has 0 aromatic carbocycles. The molecular formula is C17H13Cl2F4N5O2. The van der Waals surface area contributed by atoms with Crippen LogP contribution in [0.1, 0.15) is 29.4 Å². The zero-order chi connectivity index (χ0) is 22.3. The van der Waals surface area contributed by atoms with E-state index in [1.807, 2.05) is 0 Å². The maximum Gasteiger partial charge on any atom is 0.411 e. The first-order valence-electron chi connectivity index (χ1n) is 8.26. The Morgan fingerprint density at radius 1 is 1.30 bits per heavy atom. The number of nitrogens with one attached hydrogen (secondary N) is 1. The highest BCUT2D eigenvalue weighted by Gasteiger charge is 2.49. The Kier molecular flexibility index (Phi) is 5.79. The van der Waals surface area contributed by atoms with Gasteiger partial charge in [-0.25, -0.2) is 15.0 Å². The zero-order valence-electron chi connectivity index (χ0n) is 15.1. The Bertz CT molecular complexity index is 1030. The number of pyridine rings is 2. The van der Waals surface area contributed by atoms with E-state index < -0.39 is 42.1 Å². The highest BCUT2D eigenvalue weighted by molar-refractivity contribution is 6.36. The number of amidine groups is 1. The second-order valence-electron chi connectivity index (χ2n) is 6.56. The van der Waals surface area contributed by atoms with Crippen molar-refractivity contribution in [1.82, 2.24) is 9.97 Å². The molecule has 1 aliphatic heterocycles. The van der Waals surface area contributed by atoms with Gasteiger partial charge in [-0.15, -0.1) is 0 Å². The molecule has 0 spiro atoms. The topological polar surface area (TPSA) is 102 Å². The summed E-state index contributed by atoms with van der Waals surface area (Å²) in [7, 11) is 0. The molecule has 3 heterocycles. The number of amides is 1. The standard InChI is InChI=1S/C17H13Cl2F4N5O2/c1-16(4-11(17(21,22)23)28-15(24)30-16)9-3-8(6-26-13(9)20)27-14(29)12-10(19)2-7(18)5-25-12/h2-3,5-6,11H,4H2,1H3,(H2,24,28)(H,27,29)/t11-,16-/m0/s1. The van der Waals surface area contributed by atoms with Gasteiger partial charge in [-0.05, 0) is 19.1 Å². The molecule has 0 aliphatic carbocycles. The summed E-state index contributed by atoms with van der Waals surface area (Å²) < 4.78 is 59.1. The molecule has 0 bridgehead atoms. The summed E-state index contributed by atoms with van der Waals surface area (Å²) in [5.41, 5.74) is 3.02. The van der Waals surface area contributed by atoms with E-state index in [2.05, 4.69) is 20.3 Å². The van der Waals surface area contributed by atoms with Crippen LogP contribution in [0.4, 0.5) is 23.2 Å². The van der Waals surface area contributed by atoms with Gasteiger partial charge in [-0.2, -0.15) is 17.6 Å². The number of carbonyl (C=O) groups is 1. The first kappa shape index (κ1) is 22.0. The van der Waals surface area contributed by atoms with Crippen LogP contribution in [-0.4, -0.2) is 34.1 Å². The third-order valence-corrected chi connectivity index (χ3v) is 4.76. The van der Waals surface area contributed by atoms with E-state index in [1.165, 1.54) is 19.2 Å². The second kappa shape index (κ2) is 7.88. The summed E-state index contributed by atoms with van der Waals surface area (Å²) in [6.45, 7) is 1.22. The van der Waals surface area contributed by atoms with Crippen molar-refractivity contribution >= 4 is 40.8 Å².